The van der Waals surface area contributed by atoms with Crippen molar-refractivity contribution in [3.05, 3.63) is 108 Å². The summed E-state index contributed by atoms with van der Waals surface area (Å²) in [6.07, 6.45) is 3.81. The third-order valence-electron chi connectivity index (χ3n) is 9.67. The summed E-state index contributed by atoms with van der Waals surface area (Å²) < 4.78 is 8.16. The van der Waals surface area contributed by atoms with Crippen molar-refractivity contribution in [3.8, 4) is 17.0 Å². The first-order chi connectivity index (χ1) is 24.9. The molecule has 5 aromatic carbocycles. The van der Waals surface area contributed by atoms with Crippen molar-refractivity contribution < 1.29 is 21.7 Å². The molecule has 7 rings (SSSR count). The van der Waals surface area contributed by atoms with E-state index in [0.717, 1.165) is 125 Å². The van der Waals surface area contributed by atoms with Gasteiger partial charge in [-0.15, -0.1) is 0 Å². The lowest BCUT2D eigenvalue weighted by Gasteiger charge is -2.15. The summed E-state index contributed by atoms with van der Waals surface area (Å²) in [5, 5.41) is 13.3. The highest BCUT2D eigenvalue weighted by Crippen LogP contribution is 2.37. The van der Waals surface area contributed by atoms with Crippen LogP contribution in [0.4, 0.5) is 17.1 Å². The molecule has 7 aromatic rings. The molecule has 0 bridgehead atoms. The van der Waals surface area contributed by atoms with Crippen LogP contribution in [0.2, 0.25) is 5.02 Å². The smallest absolute Gasteiger partial charge is 0.220 e. The first-order valence-corrected chi connectivity index (χ1v) is 18.1. The zero-order chi connectivity index (χ0) is 35.3. The number of nitrogen functional groups attached to an aromatic ring is 3. The number of fused-ring (bicyclic) bond motifs is 5. The number of nitrogens with zero attached hydrogens (tertiary/aromatic N) is 2. The summed E-state index contributed by atoms with van der Waals surface area (Å²) in [5.41, 5.74) is 27.8. The molecule has 2 heterocycles. The average molecular weight is 735 g/mol. The minimum Gasteiger partial charge on any atom is -1.00 e. The van der Waals surface area contributed by atoms with Gasteiger partial charge in [-0.2, -0.15) is 4.57 Å². The van der Waals surface area contributed by atoms with E-state index in [4.69, 9.17) is 38.5 Å². The van der Waals surface area contributed by atoms with E-state index in [9.17, 15) is 0 Å². The molecule has 10 heteroatoms. The van der Waals surface area contributed by atoms with Crippen molar-refractivity contribution in [2.75, 3.05) is 50.5 Å². The summed E-state index contributed by atoms with van der Waals surface area (Å²) >= 11 is 6.22. The van der Waals surface area contributed by atoms with Crippen LogP contribution in [-0.2, 0) is 13.0 Å². The number of anilines is 3. The Morgan fingerprint density at radius 3 is 2.15 bits per heavy atom. The minimum atomic E-state index is 0. The Hall–Kier alpha value is -4.86. The van der Waals surface area contributed by atoms with Crippen LogP contribution in [0, 0.1) is 0 Å². The number of benzene rings is 5. The third-order valence-corrected chi connectivity index (χ3v) is 9.90. The van der Waals surface area contributed by atoms with Gasteiger partial charge < -0.3 is 45.0 Å². The lowest BCUT2D eigenvalue weighted by molar-refractivity contribution is -0.659. The molecule has 0 aliphatic rings. The molecule has 0 unspecified atom stereocenters. The minimum absolute atomic E-state index is 0. The number of aryl methyl sites for hydroxylation is 2. The van der Waals surface area contributed by atoms with Gasteiger partial charge in [-0.25, -0.2) is 4.98 Å². The highest BCUT2D eigenvalue weighted by molar-refractivity contribution is 6.31. The maximum absolute atomic E-state index is 6.70. The van der Waals surface area contributed by atoms with Crippen molar-refractivity contribution in [3.63, 3.8) is 0 Å². The Kier molecular flexibility index (Phi) is 11.8. The Morgan fingerprint density at radius 2 is 1.38 bits per heavy atom. The molecule has 52 heavy (non-hydrogen) atoms. The van der Waals surface area contributed by atoms with Crippen molar-refractivity contribution in [2.45, 2.75) is 32.2 Å². The number of pyridine rings is 2. The van der Waals surface area contributed by atoms with Gasteiger partial charge in [0.05, 0.1) is 34.6 Å². The average Bonchev–Trinajstić information content (AvgIpc) is 3.13. The first-order valence-electron chi connectivity index (χ1n) is 17.7. The van der Waals surface area contributed by atoms with Gasteiger partial charge in [-0.1, -0.05) is 35.9 Å². The van der Waals surface area contributed by atoms with Crippen LogP contribution in [-0.4, -0.2) is 38.3 Å². The van der Waals surface area contributed by atoms with Gasteiger partial charge in [0.25, 0.3) is 0 Å². The predicted molar refractivity (Wildman–Crippen MR) is 214 cm³/mol. The quantitative estimate of drug-likeness (QED) is 0.0362. The second-order valence-electron chi connectivity index (χ2n) is 13.1. The Balaban J connectivity index is 0.00000464. The third kappa shape index (κ3) is 7.66. The molecule has 268 valence electrons. The van der Waals surface area contributed by atoms with Gasteiger partial charge in [0.2, 0.25) is 11.2 Å². The summed E-state index contributed by atoms with van der Waals surface area (Å²) in [7, 11) is 1.71. The van der Waals surface area contributed by atoms with E-state index in [1.54, 1.807) is 7.11 Å². The fraction of sp³-hybridized carbons (Fsp3) is 0.238. The Labute approximate surface area is 315 Å². The zero-order valence-corrected chi connectivity index (χ0v) is 30.9. The molecule has 0 fully saturated rings. The number of rotatable bonds is 14. The lowest BCUT2D eigenvalue weighted by Crippen LogP contribution is -3.00. The SMILES string of the molecule is COc1ccc2nc3cc(Cl)ccc3c(N)c2c1CCCNCCCNCCC[n+]1c(-c2ccccc2)c2cc(N)ccc2c2ccc(N)cc21.[Cl-]. The van der Waals surface area contributed by atoms with Crippen molar-refractivity contribution in [1.82, 2.24) is 15.6 Å². The molecule has 8 nitrogen and oxygen atoms in total. The van der Waals surface area contributed by atoms with Gasteiger partial charge in [0.15, 0.2) is 6.54 Å². The number of nitrogens with one attached hydrogen (secondary N) is 2. The first kappa shape index (κ1) is 36.9. The topological polar surface area (TPSA) is 128 Å². The van der Waals surface area contributed by atoms with Crippen molar-refractivity contribution >= 4 is 72.1 Å². The normalized spacial score (nSPS) is 11.4. The van der Waals surface area contributed by atoms with Crippen molar-refractivity contribution in [2.24, 2.45) is 0 Å². The number of nitrogens with two attached hydrogens (primary N) is 3. The fourth-order valence-electron chi connectivity index (χ4n) is 7.28. The van der Waals surface area contributed by atoms with Crippen LogP contribution in [0.3, 0.4) is 0 Å². The number of hydrogen-bond acceptors (Lipinski definition) is 7. The number of ether oxygens (including phenoxy) is 1. The summed E-state index contributed by atoms with van der Waals surface area (Å²) in [6.45, 7) is 4.55. The van der Waals surface area contributed by atoms with Crippen LogP contribution in [0.5, 0.6) is 5.75 Å². The van der Waals surface area contributed by atoms with Crippen LogP contribution >= 0.6 is 11.6 Å². The van der Waals surface area contributed by atoms with Crippen LogP contribution in [0.15, 0.2) is 97.1 Å². The van der Waals surface area contributed by atoms with E-state index in [1.165, 1.54) is 16.5 Å². The van der Waals surface area contributed by atoms with Crippen molar-refractivity contribution in [1.29, 1.82) is 0 Å². The van der Waals surface area contributed by atoms with E-state index in [0.29, 0.717) is 5.02 Å². The molecule has 0 spiro atoms. The maximum Gasteiger partial charge on any atom is 0.220 e. The molecule has 8 N–H and O–H groups in total. The molecular formula is C42H45Cl2N7O. The van der Waals surface area contributed by atoms with Gasteiger partial charge in [-0.05, 0) is 106 Å². The Bertz CT molecular complexity index is 2350. The van der Waals surface area contributed by atoms with Crippen LogP contribution in [0.1, 0.15) is 24.8 Å². The molecule has 0 aliphatic heterocycles. The highest BCUT2D eigenvalue weighted by atomic mass is 35.5. The molecule has 0 aliphatic carbocycles. The lowest BCUT2D eigenvalue weighted by atomic mass is 9.98. The number of methoxy groups -OCH3 is 1. The van der Waals surface area contributed by atoms with Crippen LogP contribution in [0.25, 0.3) is 54.7 Å². The van der Waals surface area contributed by atoms with E-state index in [1.807, 2.05) is 42.5 Å². The second kappa shape index (κ2) is 16.7. The molecule has 0 saturated carbocycles. The Morgan fingerprint density at radius 1 is 0.692 bits per heavy atom. The second-order valence-corrected chi connectivity index (χ2v) is 13.5. The number of hydrogen-bond donors (Lipinski definition) is 5. The van der Waals surface area contributed by atoms with E-state index >= 15 is 0 Å². The molecule has 0 amide bonds. The van der Waals surface area contributed by atoms with E-state index in [-0.39, 0.29) is 12.4 Å². The van der Waals surface area contributed by atoms with Gasteiger partial charge >= 0.3 is 0 Å². The molecular weight excluding hydrogens is 689 g/mol. The van der Waals surface area contributed by atoms with E-state index < -0.39 is 0 Å². The monoisotopic (exact) mass is 733 g/mol. The van der Waals surface area contributed by atoms with Gasteiger partial charge in [0.1, 0.15) is 5.75 Å². The summed E-state index contributed by atoms with van der Waals surface area (Å²) in [6, 6.07) is 32.6. The van der Waals surface area contributed by atoms with Crippen LogP contribution < -0.4 is 49.5 Å². The highest BCUT2D eigenvalue weighted by Gasteiger charge is 2.23. The summed E-state index contributed by atoms with van der Waals surface area (Å²) in [4.78, 5) is 4.85. The van der Waals surface area contributed by atoms with Gasteiger partial charge in [0, 0.05) is 62.7 Å². The molecule has 0 atom stereocenters. The largest absolute Gasteiger partial charge is 1.00 e. The fourth-order valence-corrected chi connectivity index (χ4v) is 7.44. The van der Waals surface area contributed by atoms with Gasteiger partial charge in [-0.3, -0.25) is 0 Å². The standard InChI is InChI=1S/C42H44ClN7O.ClH/c1-51-39-18-17-36-40(41(46)33-14-11-28(43)24-37(33)49-36)34(39)10-5-19-47-20-6-21-48-22-7-23-50-38-26-30(45)13-16-32(38)31-15-12-29(44)25-35(31)42(50)27-8-3-2-4-9-27;/h2-4,8-9,11-18,24-26,45,47-48H,5-7,10,19-23,44H2,1H3,(H2,46,49);1H. The predicted octanol–water partition coefficient (Wildman–Crippen LogP) is 4.65. The number of aromatic nitrogens is 2. The molecule has 0 saturated heterocycles. The maximum atomic E-state index is 6.70. The molecule has 0 radical (unpaired) electrons. The number of halogens is 2. The van der Waals surface area contributed by atoms with E-state index in [2.05, 4.69) is 69.8 Å². The molecule has 2 aromatic heterocycles. The zero-order valence-electron chi connectivity index (χ0n) is 29.4. The summed E-state index contributed by atoms with van der Waals surface area (Å²) in [5.74, 6) is 0.840.